The first-order valence-corrected chi connectivity index (χ1v) is 6.89. The van der Waals surface area contributed by atoms with Crippen LogP contribution in [0.5, 0.6) is 0 Å². The monoisotopic (exact) mass is 241 g/mol. The van der Waals surface area contributed by atoms with E-state index in [0.29, 0.717) is 6.04 Å². The lowest BCUT2D eigenvalue weighted by Gasteiger charge is -2.43. The number of nitrogens with zero attached hydrogens (tertiary/aromatic N) is 2. The summed E-state index contributed by atoms with van der Waals surface area (Å²) in [6, 6.07) is 0.436. The summed E-state index contributed by atoms with van der Waals surface area (Å²) >= 11 is 0. The Kier molecular flexibility index (Phi) is 4.42. The van der Waals surface area contributed by atoms with Gasteiger partial charge >= 0.3 is 0 Å². The first-order valence-electron chi connectivity index (χ1n) is 6.89. The van der Waals surface area contributed by atoms with Crippen molar-refractivity contribution in [1.82, 2.24) is 9.80 Å². The lowest BCUT2D eigenvalue weighted by Crippen LogP contribution is -2.55. The number of hydrogen-bond acceptors (Lipinski definition) is 4. The predicted octanol–water partition coefficient (Wildman–Crippen LogP) is 0.520. The molecule has 0 aromatic rings. The van der Waals surface area contributed by atoms with Crippen molar-refractivity contribution in [3.05, 3.63) is 0 Å². The summed E-state index contributed by atoms with van der Waals surface area (Å²) in [5.41, 5.74) is 6.12. The third kappa shape index (κ3) is 3.65. The van der Waals surface area contributed by atoms with Crippen LogP contribution >= 0.6 is 0 Å². The van der Waals surface area contributed by atoms with E-state index in [1.165, 1.54) is 19.6 Å². The smallest absolute Gasteiger partial charge is 0.0645 e. The third-order valence-corrected chi connectivity index (χ3v) is 4.14. The zero-order valence-corrected chi connectivity index (χ0v) is 11.3. The van der Waals surface area contributed by atoms with Crippen LogP contribution < -0.4 is 5.73 Å². The number of rotatable bonds is 3. The standard InChI is InChI=1S/C13H27N3O/c1-13(2)11-17-10-9-16(13)8-7-15-5-3-12(14)4-6-15/h12H,3-11,14H2,1-2H3. The van der Waals surface area contributed by atoms with Gasteiger partial charge in [-0.25, -0.2) is 0 Å². The Bertz CT molecular complexity index is 237. The van der Waals surface area contributed by atoms with Gasteiger partial charge in [0.1, 0.15) is 0 Å². The van der Waals surface area contributed by atoms with E-state index < -0.39 is 0 Å². The molecular formula is C13H27N3O. The number of nitrogens with two attached hydrogens (primary N) is 1. The van der Waals surface area contributed by atoms with E-state index in [2.05, 4.69) is 23.6 Å². The minimum atomic E-state index is 0.199. The molecule has 0 bridgehead atoms. The molecule has 4 heteroatoms. The fourth-order valence-electron chi connectivity index (χ4n) is 2.74. The van der Waals surface area contributed by atoms with Crippen LogP contribution in [-0.4, -0.2) is 67.3 Å². The Labute approximate surface area is 105 Å². The largest absolute Gasteiger partial charge is 0.378 e. The number of piperidine rings is 1. The van der Waals surface area contributed by atoms with Gasteiger partial charge in [0.15, 0.2) is 0 Å². The second-order valence-electron chi connectivity index (χ2n) is 6.03. The van der Waals surface area contributed by atoms with Crippen LogP contribution in [0.4, 0.5) is 0 Å². The zero-order valence-electron chi connectivity index (χ0n) is 11.3. The number of hydrogen-bond donors (Lipinski definition) is 1. The third-order valence-electron chi connectivity index (χ3n) is 4.14. The van der Waals surface area contributed by atoms with Crippen molar-refractivity contribution in [3.8, 4) is 0 Å². The highest BCUT2D eigenvalue weighted by Crippen LogP contribution is 2.18. The molecule has 0 saturated carbocycles. The molecule has 2 aliphatic heterocycles. The molecule has 2 rings (SSSR count). The first-order chi connectivity index (χ1) is 8.08. The van der Waals surface area contributed by atoms with Gasteiger partial charge in [0.25, 0.3) is 0 Å². The Hall–Kier alpha value is -0.160. The van der Waals surface area contributed by atoms with Crippen molar-refractivity contribution in [2.45, 2.75) is 38.3 Å². The maximum Gasteiger partial charge on any atom is 0.0645 e. The molecule has 0 aromatic heterocycles. The maximum absolute atomic E-state index is 5.93. The highest BCUT2D eigenvalue weighted by molar-refractivity contribution is 4.85. The maximum atomic E-state index is 5.93. The van der Waals surface area contributed by atoms with Crippen LogP contribution in [0.1, 0.15) is 26.7 Å². The van der Waals surface area contributed by atoms with Gasteiger partial charge in [0.05, 0.1) is 13.2 Å². The minimum absolute atomic E-state index is 0.199. The second-order valence-corrected chi connectivity index (χ2v) is 6.03. The summed E-state index contributed by atoms with van der Waals surface area (Å²) in [6.07, 6.45) is 2.32. The summed E-state index contributed by atoms with van der Waals surface area (Å²) in [7, 11) is 0. The Balaban J connectivity index is 1.73. The molecule has 100 valence electrons. The van der Waals surface area contributed by atoms with Crippen molar-refractivity contribution < 1.29 is 4.74 Å². The van der Waals surface area contributed by atoms with Gasteiger partial charge in [0, 0.05) is 31.2 Å². The van der Waals surface area contributed by atoms with E-state index in [4.69, 9.17) is 10.5 Å². The molecule has 0 unspecified atom stereocenters. The minimum Gasteiger partial charge on any atom is -0.378 e. The number of morpholine rings is 1. The summed E-state index contributed by atoms with van der Waals surface area (Å²) in [6.45, 7) is 12.0. The lowest BCUT2D eigenvalue weighted by molar-refractivity contribution is -0.0541. The Morgan fingerprint density at radius 3 is 2.53 bits per heavy atom. The summed E-state index contributed by atoms with van der Waals surface area (Å²) in [5.74, 6) is 0. The zero-order chi connectivity index (χ0) is 12.3. The molecule has 0 amide bonds. The summed E-state index contributed by atoms with van der Waals surface area (Å²) in [5, 5.41) is 0. The molecule has 2 heterocycles. The molecule has 2 saturated heterocycles. The molecule has 0 aromatic carbocycles. The average Bonchev–Trinajstić information content (AvgIpc) is 2.29. The van der Waals surface area contributed by atoms with Crippen molar-refractivity contribution in [3.63, 3.8) is 0 Å². The van der Waals surface area contributed by atoms with Crippen LogP contribution in [0.15, 0.2) is 0 Å². The molecule has 17 heavy (non-hydrogen) atoms. The van der Waals surface area contributed by atoms with Crippen LogP contribution in [0.25, 0.3) is 0 Å². The number of ether oxygens (including phenoxy) is 1. The molecule has 0 atom stereocenters. The molecule has 2 aliphatic rings. The predicted molar refractivity (Wildman–Crippen MR) is 70.1 cm³/mol. The highest BCUT2D eigenvalue weighted by Gasteiger charge is 2.30. The molecule has 2 fully saturated rings. The van der Waals surface area contributed by atoms with Crippen LogP contribution in [0.2, 0.25) is 0 Å². The van der Waals surface area contributed by atoms with Crippen molar-refractivity contribution in [1.29, 1.82) is 0 Å². The highest BCUT2D eigenvalue weighted by atomic mass is 16.5. The molecule has 2 N–H and O–H groups in total. The van der Waals surface area contributed by atoms with E-state index in [0.717, 1.165) is 39.1 Å². The van der Waals surface area contributed by atoms with Crippen LogP contribution in [0.3, 0.4) is 0 Å². The Morgan fingerprint density at radius 2 is 1.88 bits per heavy atom. The van der Waals surface area contributed by atoms with Crippen molar-refractivity contribution in [2.75, 3.05) is 45.9 Å². The van der Waals surface area contributed by atoms with Gasteiger partial charge in [-0.1, -0.05) is 0 Å². The molecule has 0 radical (unpaired) electrons. The SMILES string of the molecule is CC1(C)COCCN1CCN1CCC(N)CC1. The van der Waals surface area contributed by atoms with Gasteiger partial charge in [0.2, 0.25) is 0 Å². The van der Waals surface area contributed by atoms with Crippen molar-refractivity contribution >= 4 is 0 Å². The second kappa shape index (κ2) is 5.65. The Morgan fingerprint density at radius 1 is 1.18 bits per heavy atom. The number of likely N-dealkylation sites (tertiary alicyclic amines) is 1. The molecular weight excluding hydrogens is 214 g/mol. The van der Waals surface area contributed by atoms with Gasteiger partial charge in [-0.05, 0) is 39.8 Å². The normalized spacial score (nSPS) is 28.4. The molecule has 4 nitrogen and oxygen atoms in total. The first kappa shape index (κ1) is 13.3. The fraction of sp³-hybridized carbons (Fsp3) is 1.00. The van der Waals surface area contributed by atoms with Gasteiger partial charge in [-0.15, -0.1) is 0 Å². The average molecular weight is 241 g/mol. The fourth-order valence-corrected chi connectivity index (χ4v) is 2.74. The van der Waals surface area contributed by atoms with Gasteiger partial charge < -0.3 is 15.4 Å². The van der Waals surface area contributed by atoms with E-state index in [-0.39, 0.29) is 5.54 Å². The van der Waals surface area contributed by atoms with Gasteiger partial charge in [-0.2, -0.15) is 0 Å². The summed E-state index contributed by atoms with van der Waals surface area (Å²) in [4.78, 5) is 5.11. The topological polar surface area (TPSA) is 41.7 Å². The van der Waals surface area contributed by atoms with E-state index in [1.807, 2.05) is 0 Å². The van der Waals surface area contributed by atoms with Gasteiger partial charge in [-0.3, -0.25) is 4.90 Å². The quantitative estimate of drug-likeness (QED) is 0.782. The van der Waals surface area contributed by atoms with E-state index in [1.54, 1.807) is 0 Å². The van der Waals surface area contributed by atoms with Crippen LogP contribution in [0, 0.1) is 0 Å². The van der Waals surface area contributed by atoms with E-state index in [9.17, 15) is 0 Å². The van der Waals surface area contributed by atoms with Crippen LogP contribution in [-0.2, 0) is 4.74 Å². The lowest BCUT2D eigenvalue weighted by atomic mass is 10.0. The van der Waals surface area contributed by atoms with Crippen molar-refractivity contribution in [2.24, 2.45) is 5.73 Å². The molecule has 0 spiro atoms. The summed E-state index contributed by atoms with van der Waals surface area (Å²) < 4.78 is 5.55. The van der Waals surface area contributed by atoms with E-state index >= 15 is 0 Å². The molecule has 0 aliphatic carbocycles.